The molecule has 0 N–H and O–H groups in total. The fourth-order valence-corrected chi connectivity index (χ4v) is 1.70. The standard InChI is InChI=1S/C13H11N/c1-10(9-14)12-8-4-6-11-5-2-3-7-13(11)12/h2-8,10H,1H3/t10-/m1/s1. The van der Waals surface area contributed by atoms with Crippen molar-refractivity contribution in [2.75, 3.05) is 0 Å². The number of hydrogen-bond acceptors (Lipinski definition) is 1. The summed E-state index contributed by atoms with van der Waals surface area (Å²) in [5.41, 5.74) is 1.12. The predicted molar refractivity (Wildman–Crippen MR) is 58.0 cm³/mol. The lowest BCUT2D eigenvalue weighted by atomic mass is 9.96. The number of nitrogens with zero attached hydrogens (tertiary/aromatic N) is 1. The average Bonchev–Trinajstić information content (AvgIpc) is 2.27. The first-order chi connectivity index (χ1) is 6.83. The minimum Gasteiger partial charge on any atom is -0.198 e. The van der Waals surface area contributed by atoms with E-state index < -0.39 is 0 Å². The molecule has 0 unspecified atom stereocenters. The molecule has 0 fully saturated rings. The Bertz CT molecular complexity index is 489. The maximum absolute atomic E-state index is 8.90. The van der Waals surface area contributed by atoms with Crippen LogP contribution in [0.3, 0.4) is 0 Å². The zero-order valence-corrected chi connectivity index (χ0v) is 8.07. The summed E-state index contributed by atoms with van der Waals surface area (Å²) in [6.45, 7) is 1.93. The molecule has 0 heterocycles. The molecule has 0 saturated heterocycles. The van der Waals surface area contributed by atoms with Crippen molar-refractivity contribution < 1.29 is 0 Å². The van der Waals surface area contributed by atoms with Crippen molar-refractivity contribution in [3.05, 3.63) is 48.0 Å². The maximum atomic E-state index is 8.90. The normalized spacial score (nSPS) is 12.3. The Balaban J connectivity index is 2.72. The lowest BCUT2D eigenvalue weighted by molar-refractivity contribution is 0.994. The highest BCUT2D eigenvalue weighted by molar-refractivity contribution is 5.86. The molecule has 68 valence electrons. The van der Waals surface area contributed by atoms with Crippen molar-refractivity contribution in [3.8, 4) is 6.07 Å². The zero-order valence-electron chi connectivity index (χ0n) is 8.07. The Morgan fingerprint density at radius 1 is 1.07 bits per heavy atom. The summed E-state index contributed by atoms with van der Waals surface area (Å²) in [4.78, 5) is 0. The smallest absolute Gasteiger partial charge is 0.0701 e. The zero-order chi connectivity index (χ0) is 9.97. The first kappa shape index (κ1) is 8.77. The van der Waals surface area contributed by atoms with Gasteiger partial charge in [0.25, 0.3) is 0 Å². The van der Waals surface area contributed by atoms with Gasteiger partial charge in [0.15, 0.2) is 0 Å². The van der Waals surface area contributed by atoms with Crippen molar-refractivity contribution in [2.45, 2.75) is 12.8 Å². The first-order valence-corrected chi connectivity index (χ1v) is 4.70. The molecule has 14 heavy (non-hydrogen) atoms. The lowest BCUT2D eigenvalue weighted by Crippen LogP contribution is -1.90. The Morgan fingerprint density at radius 2 is 1.79 bits per heavy atom. The van der Waals surface area contributed by atoms with E-state index in [0.29, 0.717) is 0 Å². The molecule has 1 heteroatoms. The van der Waals surface area contributed by atoms with E-state index in [9.17, 15) is 0 Å². The van der Waals surface area contributed by atoms with Gasteiger partial charge in [0.1, 0.15) is 0 Å². The van der Waals surface area contributed by atoms with Crippen LogP contribution in [-0.4, -0.2) is 0 Å². The second-order valence-electron chi connectivity index (χ2n) is 3.42. The summed E-state index contributed by atoms with van der Waals surface area (Å²) in [6.07, 6.45) is 0. The average molecular weight is 181 g/mol. The van der Waals surface area contributed by atoms with E-state index >= 15 is 0 Å². The van der Waals surface area contributed by atoms with Crippen molar-refractivity contribution in [1.29, 1.82) is 5.26 Å². The van der Waals surface area contributed by atoms with E-state index in [-0.39, 0.29) is 5.92 Å². The molecule has 0 spiro atoms. The van der Waals surface area contributed by atoms with Gasteiger partial charge in [-0.2, -0.15) is 5.26 Å². The van der Waals surface area contributed by atoms with Crippen molar-refractivity contribution in [3.63, 3.8) is 0 Å². The molecule has 0 aliphatic heterocycles. The van der Waals surface area contributed by atoms with Crippen LogP contribution in [-0.2, 0) is 0 Å². The Morgan fingerprint density at radius 3 is 2.57 bits per heavy atom. The van der Waals surface area contributed by atoms with Gasteiger partial charge in [0.2, 0.25) is 0 Å². The van der Waals surface area contributed by atoms with E-state index in [1.54, 1.807) is 0 Å². The minimum absolute atomic E-state index is 0.0406. The highest BCUT2D eigenvalue weighted by Crippen LogP contribution is 2.24. The second kappa shape index (κ2) is 3.51. The SMILES string of the molecule is C[C@H](C#N)c1cccc2ccccc12. The van der Waals surface area contributed by atoms with Gasteiger partial charge in [-0.1, -0.05) is 42.5 Å². The molecule has 0 aliphatic carbocycles. The first-order valence-electron chi connectivity index (χ1n) is 4.70. The molecule has 0 saturated carbocycles. The van der Waals surface area contributed by atoms with Gasteiger partial charge in [-0.25, -0.2) is 0 Å². The minimum atomic E-state index is -0.0406. The van der Waals surface area contributed by atoms with Crippen LogP contribution in [0, 0.1) is 11.3 Å². The molecule has 1 atom stereocenters. The van der Waals surface area contributed by atoms with Gasteiger partial charge in [-0.15, -0.1) is 0 Å². The molecular formula is C13H11N. The number of hydrogen-bond donors (Lipinski definition) is 0. The van der Waals surface area contributed by atoms with Crippen molar-refractivity contribution in [2.24, 2.45) is 0 Å². The largest absolute Gasteiger partial charge is 0.198 e. The van der Waals surface area contributed by atoms with Crippen LogP contribution in [0.2, 0.25) is 0 Å². The highest BCUT2D eigenvalue weighted by Gasteiger charge is 2.06. The summed E-state index contributed by atoms with van der Waals surface area (Å²) in [6, 6.07) is 16.5. The summed E-state index contributed by atoms with van der Waals surface area (Å²) in [5, 5.41) is 11.3. The molecule has 0 aromatic heterocycles. The molecule has 2 rings (SSSR count). The van der Waals surface area contributed by atoms with E-state index in [2.05, 4.69) is 24.3 Å². The quantitative estimate of drug-likeness (QED) is 0.660. The third kappa shape index (κ3) is 1.36. The van der Waals surface area contributed by atoms with Gasteiger partial charge in [-0.3, -0.25) is 0 Å². The van der Waals surface area contributed by atoms with E-state index in [1.165, 1.54) is 10.8 Å². The molecule has 0 aliphatic rings. The Hall–Kier alpha value is -1.81. The molecule has 0 bridgehead atoms. The molecule has 0 radical (unpaired) electrons. The predicted octanol–water partition coefficient (Wildman–Crippen LogP) is 3.47. The third-order valence-electron chi connectivity index (χ3n) is 2.48. The Labute approximate surface area is 83.6 Å². The number of fused-ring (bicyclic) bond motifs is 1. The van der Waals surface area contributed by atoms with Crippen LogP contribution >= 0.6 is 0 Å². The van der Waals surface area contributed by atoms with Crippen LogP contribution in [0.1, 0.15) is 18.4 Å². The number of nitriles is 1. The van der Waals surface area contributed by atoms with E-state index in [0.717, 1.165) is 5.56 Å². The van der Waals surface area contributed by atoms with Gasteiger partial charge in [0, 0.05) is 0 Å². The van der Waals surface area contributed by atoms with Gasteiger partial charge in [-0.05, 0) is 23.3 Å². The molecular weight excluding hydrogens is 170 g/mol. The van der Waals surface area contributed by atoms with Gasteiger partial charge in [0.05, 0.1) is 12.0 Å². The molecule has 2 aromatic rings. The summed E-state index contributed by atoms with van der Waals surface area (Å²) < 4.78 is 0. The number of benzene rings is 2. The van der Waals surface area contributed by atoms with E-state index in [4.69, 9.17) is 5.26 Å². The van der Waals surface area contributed by atoms with Crippen LogP contribution < -0.4 is 0 Å². The fraction of sp³-hybridized carbons (Fsp3) is 0.154. The van der Waals surface area contributed by atoms with Crippen molar-refractivity contribution in [1.82, 2.24) is 0 Å². The molecule has 1 nitrogen and oxygen atoms in total. The van der Waals surface area contributed by atoms with Crippen LogP contribution in [0.5, 0.6) is 0 Å². The lowest BCUT2D eigenvalue weighted by Gasteiger charge is -2.07. The highest BCUT2D eigenvalue weighted by atomic mass is 14.3. The molecule has 2 aromatic carbocycles. The van der Waals surface area contributed by atoms with Gasteiger partial charge < -0.3 is 0 Å². The van der Waals surface area contributed by atoms with Gasteiger partial charge >= 0.3 is 0 Å². The number of rotatable bonds is 1. The summed E-state index contributed by atoms with van der Waals surface area (Å²) in [5.74, 6) is -0.0406. The monoisotopic (exact) mass is 181 g/mol. The molecule has 0 amide bonds. The Kier molecular flexibility index (Phi) is 2.20. The van der Waals surface area contributed by atoms with Crippen LogP contribution in [0.15, 0.2) is 42.5 Å². The van der Waals surface area contributed by atoms with E-state index in [1.807, 2.05) is 31.2 Å². The second-order valence-corrected chi connectivity index (χ2v) is 3.42. The van der Waals surface area contributed by atoms with Crippen LogP contribution in [0.4, 0.5) is 0 Å². The summed E-state index contributed by atoms with van der Waals surface area (Å²) >= 11 is 0. The van der Waals surface area contributed by atoms with Crippen molar-refractivity contribution >= 4 is 10.8 Å². The maximum Gasteiger partial charge on any atom is 0.0701 e. The third-order valence-corrected chi connectivity index (χ3v) is 2.48. The summed E-state index contributed by atoms with van der Waals surface area (Å²) in [7, 11) is 0. The topological polar surface area (TPSA) is 23.8 Å². The van der Waals surface area contributed by atoms with Crippen LogP contribution in [0.25, 0.3) is 10.8 Å². The fourth-order valence-electron chi connectivity index (χ4n) is 1.70.